The molecule has 0 atom stereocenters. The van der Waals surface area contributed by atoms with Crippen molar-refractivity contribution in [3.63, 3.8) is 0 Å². The number of hydrogen-bond donors (Lipinski definition) is 1. The van der Waals surface area contributed by atoms with Crippen LogP contribution < -0.4 is 5.73 Å². The van der Waals surface area contributed by atoms with E-state index in [1.54, 1.807) is 4.68 Å². The smallest absolute Gasteiger partial charge is 0.127 e. The van der Waals surface area contributed by atoms with Crippen LogP contribution in [0.2, 0.25) is 5.02 Å². The maximum Gasteiger partial charge on any atom is 0.127 e. The average molecular weight is 298 g/mol. The first-order valence-electron chi connectivity index (χ1n) is 6.74. The molecule has 0 radical (unpaired) electrons. The Morgan fingerprint density at radius 1 is 1.00 bits per heavy atom. The maximum absolute atomic E-state index is 6.13. The summed E-state index contributed by atoms with van der Waals surface area (Å²) in [6.45, 7) is 4.11. The largest absolute Gasteiger partial charge is 0.384 e. The van der Waals surface area contributed by atoms with Crippen LogP contribution in [0.3, 0.4) is 0 Å². The molecule has 0 amide bonds. The van der Waals surface area contributed by atoms with E-state index in [-0.39, 0.29) is 0 Å². The zero-order chi connectivity index (χ0) is 15.0. The topological polar surface area (TPSA) is 43.8 Å². The molecular formula is C17H16ClN3. The number of nitrogens with two attached hydrogens (primary N) is 1. The standard InChI is InChI=1S/C17H16ClN3/c1-11-3-4-12(2)16(9-11)21-17(19)10-15(20-21)13-5-7-14(18)8-6-13/h3-10H,19H2,1-2H3. The molecule has 3 nitrogen and oxygen atoms in total. The molecule has 0 aliphatic rings. The molecule has 0 aliphatic carbocycles. The van der Waals surface area contributed by atoms with Gasteiger partial charge in [-0.3, -0.25) is 0 Å². The molecule has 2 aromatic carbocycles. The van der Waals surface area contributed by atoms with Crippen molar-refractivity contribution in [2.45, 2.75) is 13.8 Å². The van der Waals surface area contributed by atoms with Crippen molar-refractivity contribution in [2.75, 3.05) is 5.73 Å². The summed E-state index contributed by atoms with van der Waals surface area (Å²) in [6.07, 6.45) is 0. The van der Waals surface area contributed by atoms with Gasteiger partial charge in [0, 0.05) is 16.7 Å². The molecule has 0 fully saturated rings. The van der Waals surface area contributed by atoms with Gasteiger partial charge in [-0.1, -0.05) is 35.9 Å². The van der Waals surface area contributed by atoms with Gasteiger partial charge in [-0.2, -0.15) is 5.10 Å². The summed E-state index contributed by atoms with van der Waals surface area (Å²) in [7, 11) is 0. The van der Waals surface area contributed by atoms with E-state index in [1.165, 1.54) is 5.56 Å². The predicted molar refractivity (Wildman–Crippen MR) is 87.9 cm³/mol. The number of nitrogens with zero attached hydrogens (tertiary/aromatic N) is 2. The molecule has 0 saturated heterocycles. The van der Waals surface area contributed by atoms with Crippen molar-refractivity contribution >= 4 is 17.4 Å². The van der Waals surface area contributed by atoms with Gasteiger partial charge in [0.25, 0.3) is 0 Å². The number of halogens is 1. The van der Waals surface area contributed by atoms with Crippen LogP contribution >= 0.6 is 11.6 Å². The van der Waals surface area contributed by atoms with Gasteiger partial charge in [-0.25, -0.2) is 4.68 Å². The van der Waals surface area contributed by atoms with E-state index >= 15 is 0 Å². The Bertz CT molecular complexity index is 788. The highest BCUT2D eigenvalue weighted by Gasteiger charge is 2.10. The van der Waals surface area contributed by atoms with E-state index in [4.69, 9.17) is 17.3 Å². The Kier molecular flexibility index (Phi) is 3.43. The quantitative estimate of drug-likeness (QED) is 0.762. The minimum absolute atomic E-state index is 0.619. The lowest BCUT2D eigenvalue weighted by atomic mass is 10.1. The lowest BCUT2D eigenvalue weighted by Crippen LogP contribution is -2.04. The molecule has 106 valence electrons. The maximum atomic E-state index is 6.13. The van der Waals surface area contributed by atoms with Crippen LogP contribution in [0.1, 0.15) is 11.1 Å². The van der Waals surface area contributed by atoms with Crippen LogP contribution in [0.15, 0.2) is 48.5 Å². The molecule has 3 rings (SSSR count). The Labute approximate surface area is 129 Å². The third-order valence-corrected chi connectivity index (χ3v) is 3.72. The number of rotatable bonds is 2. The molecule has 4 heteroatoms. The number of hydrogen-bond acceptors (Lipinski definition) is 2. The van der Waals surface area contributed by atoms with Crippen LogP contribution in [0.25, 0.3) is 16.9 Å². The second-order valence-electron chi connectivity index (χ2n) is 5.16. The molecular weight excluding hydrogens is 282 g/mol. The summed E-state index contributed by atoms with van der Waals surface area (Å²) in [6, 6.07) is 15.7. The Hall–Kier alpha value is -2.26. The molecule has 0 bridgehead atoms. The second kappa shape index (κ2) is 5.26. The fourth-order valence-electron chi connectivity index (χ4n) is 2.30. The molecule has 0 spiro atoms. The van der Waals surface area contributed by atoms with Gasteiger partial charge in [-0.05, 0) is 43.2 Å². The number of aromatic nitrogens is 2. The fourth-order valence-corrected chi connectivity index (χ4v) is 2.42. The molecule has 1 heterocycles. The average Bonchev–Trinajstić information content (AvgIpc) is 2.84. The van der Waals surface area contributed by atoms with Crippen molar-refractivity contribution in [3.05, 3.63) is 64.7 Å². The van der Waals surface area contributed by atoms with Gasteiger partial charge in [-0.15, -0.1) is 0 Å². The third kappa shape index (κ3) is 2.65. The number of aryl methyl sites for hydroxylation is 2. The van der Waals surface area contributed by atoms with E-state index in [1.807, 2.05) is 30.3 Å². The van der Waals surface area contributed by atoms with Crippen LogP contribution in [0.5, 0.6) is 0 Å². The molecule has 3 aromatic rings. The van der Waals surface area contributed by atoms with E-state index in [2.05, 4.69) is 37.1 Å². The minimum Gasteiger partial charge on any atom is -0.384 e. The van der Waals surface area contributed by atoms with Gasteiger partial charge < -0.3 is 5.73 Å². The predicted octanol–water partition coefficient (Wildman–Crippen LogP) is 4.39. The summed E-state index contributed by atoms with van der Waals surface area (Å²) >= 11 is 5.92. The minimum atomic E-state index is 0.619. The van der Waals surface area contributed by atoms with Crippen LogP contribution in [-0.2, 0) is 0 Å². The summed E-state index contributed by atoms with van der Waals surface area (Å²) in [5.41, 5.74) is 11.3. The summed E-state index contributed by atoms with van der Waals surface area (Å²) in [5.74, 6) is 0.619. The first kappa shape index (κ1) is 13.7. The number of nitrogen functional groups attached to an aromatic ring is 1. The van der Waals surface area contributed by atoms with Gasteiger partial charge in [0.1, 0.15) is 5.82 Å². The third-order valence-electron chi connectivity index (χ3n) is 3.47. The monoisotopic (exact) mass is 297 g/mol. The van der Waals surface area contributed by atoms with E-state index < -0.39 is 0 Å². The SMILES string of the molecule is Cc1ccc(C)c(-n2nc(-c3ccc(Cl)cc3)cc2N)c1. The highest BCUT2D eigenvalue weighted by atomic mass is 35.5. The van der Waals surface area contributed by atoms with Gasteiger partial charge in [0.15, 0.2) is 0 Å². The Morgan fingerprint density at radius 3 is 2.43 bits per heavy atom. The van der Waals surface area contributed by atoms with Crippen molar-refractivity contribution in [3.8, 4) is 16.9 Å². The van der Waals surface area contributed by atoms with Crippen LogP contribution in [0, 0.1) is 13.8 Å². The zero-order valence-corrected chi connectivity index (χ0v) is 12.7. The Balaban J connectivity index is 2.09. The van der Waals surface area contributed by atoms with Crippen LogP contribution in [-0.4, -0.2) is 9.78 Å². The lowest BCUT2D eigenvalue weighted by Gasteiger charge is -2.08. The van der Waals surface area contributed by atoms with Crippen molar-refractivity contribution < 1.29 is 0 Å². The highest BCUT2D eigenvalue weighted by molar-refractivity contribution is 6.30. The molecule has 0 saturated carbocycles. The van der Waals surface area contributed by atoms with Crippen LogP contribution in [0.4, 0.5) is 5.82 Å². The molecule has 0 unspecified atom stereocenters. The molecule has 2 N–H and O–H groups in total. The number of anilines is 1. The van der Waals surface area contributed by atoms with E-state index in [0.717, 1.165) is 22.5 Å². The Morgan fingerprint density at radius 2 is 1.71 bits per heavy atom. The van der Waals surface area contributed by atoms with Crippen molar-refractivity contribution in [1.82, 2.24) is 9.78 Å². The van der Waals surface area contributed by atoms with Gasteiger partial charge >= 0.3 is 0 Å². The fraction of sp³-hybridized carbons (Fsp3) is 0.118. The van der Waals surface area contributed by atoms with Gasteiger partial charge in [0.05, 0.1) is 11.4 Å². The molecule has 1 aromatic heterocycles. The van der Waals surface area contributed by atoms with Gasteiger partial charge in [0.2, 0.25) is 0 Å². The first-order chi connectivity index (χ1) is 10.0. The van der Waals surface area contributed by atoms with Crippen molar-refractivity contribution in [1.29, 1.82) is 0 Å². The summed E-state index contributed by atoms with van der Waals surface area (Å²) < 4.78 is 1.78. The second-order valence-corrected chi connectivity index (χ2v) is 5.60. The summed E-state index contributed by atoms with van der Waals surface area (Å²) in [5, 5.41) is 5.34. The zero-order valence-electron chi connectivity index (χ0n) is 12.0. The van der Waals surface area contributed by atoms with E-state index in [0.29, 0.717) is 10.8 Å². The number of benzene rings is 2. The first-order valence-corrected chi connectivity index (χ1v) is 7.11. The normalized spacial score (nSPS) is 10.8. The lowest BCUT2D eigenvalue weighted by molar-refractivity contribution is 0.885. The highest BCUT2D eigenvalue weighted by Crippen LogP contribution is 2.25. The summed E-state index contributed by atoms with van der Waals surface area (Å²) in [4.78, 5) is 0. The molecule has 0 aliphatic heterocycles. The van der Waals surface area contributed by atoms with E-state index in [9.17, 15) is 0 Å². The molecule has 21 heavy (non-hydrogen) atoms. The van der Waals surface area contributed by atoms with Crippen molar-refractivity contribution in [2.24, 2.45) is 0 Å².